The smallest absolute Gasteiger partial charge is 0.235 e. The normalized spacial score (nSPS) is 11.0. The third-order valence-electron chi connectivity index (χ3n) is 4.75. The Hall–Kier alpha value is -3.67. The summed E-state index contributed by atoms with van der Waals surface area (Å²) in [5, 5.41) is 31.4. The molecular weight excluding hydrogens is 354 g/mol. The minimum absolute atomic E-state index is 0.127. The fourth-order valence-corrected chi connectivity index (χ4v) is 3.47. The Bertz CT molecular complexity index is 1070. The number of aromatic hydroxyl groups is 3. The molecule has 6 heteroatoms. The van der Waals surface area contributed by atoms with Crippen molar-refractivity contribution in [2.24, 2.45) is 0 Å². The minimum Gasteiger partial charge on any atom is -0.508 e. The van der Waals surface area contributed by atoms with E-state index in [2.05, 4.69) is 4.98 Å². The fraction of sp³-hybridized carbons (Fsp3) is 0.136. The summed E-state index contributed by atoms with van der Waals surface area (Å²) in [6, 6.07) is 16.3. The Kier molecular flexibility index (Phi) is 4.76. The van der Waals surface area contributed by atoms with Gasteiger partial charge in [0.2, 0.25) is 5.88 Å². The predicted molar refractivity (Wildman–Crippen MR) is 107 cm³/mol. The van der Waals surface area contributed by atoms with Crippen LogP contribution in [0.25, 0.3) is 22.4 Å². The van der Waals surface area contributed by atoms with E-state index in [4.69, 9.17) is 0 Å². The molecular formula is C22H21N3O3. The number of hydrogen-bond acceptors (Lipinski definition) is 4. The SMILES string of the molecule is Oc1cccc(-c2c(-c3ccccc3)c(O)c(O)n2CCCn2ccnc2)c1. The molecule has 28 heavy (non-hydrogen) atoms. The Morgan fingerprint density at radius 3 is 2.36 bits per heavy atom. The van der Waals surface area contributed by atoms with Crippen molar-refractivity contribution >= 4 is 0 Å². The first-order valence-corrected chi connectivity index (χ1v) is 9.10. The molecule has 142 valence electrons. The van der Waals surface area contributed by atoms with Gasteiger partial charge in [-0.05, 0) is 24.1 Å². The van der Waals surface area contributed by atoms with E-state index in [0.29, 0.717) is 17.8 Å². The molecule has 0 amide bonds. The summed E-state index contributed by atoms with van der Waals surface area (Å²) in [4.78, 5) is 4.04. The lowest BCUT2D eigenvalue weighted by Crippen LogP contribution is -2.04. The van der Waals surface area contributed by atoms with Gasteiger partial charge in [-0.25, -0.2) is 4.98 Å². The van der Waals surface area contributed by atoms with Gasteiger partial charge in [-0.15, -0.1) is 0 Å². The molecule has 0 unspecified atom stereocenters. The van der Waals surface area contributed by atoms with Crippen molar-refractivity contribution in [2.75, 3.05) is 0 Å². The lowest BCUT2D eigenvalue weighted by molar-refractivity contribution is 0.368. The molecule has 0 spiro atoms. The number of imidazole rings is 1. The highest BCUT2D eigenvalue weighted by Gasteiger charge is 2.24. The van der Waals surface area contributed by atoms with Gasteiger partial charge in [0.05, 0.1) is 17.6 Å². The number of nitrogens with zero attached hydrogens (tertiary/aromatic N) is 3. The number of phenols is 1. The first kappa shape index (κ1) is 17.7. The van der Waals surface area contributed by atoms with Crippen molar-refractivity contribution < 1.29 is 15.3 Å². The monoisotopic (exact) mass is 375 g/mol. The highest BCUT2D eigenvalue weighted by Crippen LogP contribution is 2.47. The van der Waals surface area contributed by atoms with Gasteiger partial charge in [0.25, 0.3) is 0 Å². The molecule has 4 rings (SSSR count). The molecule has 2 aromatic heterocycles. The highest BCUT2D eigenvalue weighted by atomic mass is 16.3. The van der Waals surface area contributed by atoms with Crippen LogP contribution in [0.2, 0.25) is 0 Å². The molecule has 4 aromatic rings. The van der Waals surface area contributed by atoms with Crippen molar-refractivity contribution in [2.45, 2.75) is 19.5 Å². The third-order valence-corrected chi connectivity index (χ3v) is 4.75. The molecule has 0 aliphatic heterocycles. The van der Waals surface area contributed by atoms with Crippen LogP contribution in [-0.4, -0.2) is 29.4 Å². The first-order chi connectivity index (χ1) is 13.6. The van der Waals surface area contributed by atoms with Gasteiger partial charge < -0.3 is 24.5 Å². The fourth-order valence-electron chi connectivity index (χ4n) is 3.47. The Labute approximate surface area is 162 Å². The Balaban J connectivity index is 1.80. The molecule has 0 atom stereocenters. The Morgan fingerprint density at radius 1 is 0.857 bits per heavy atom. The summed E-state index contributed by atoms with van der Waals surface area (Å²) in [7, 11) is 0. The third kappa shape index (κ3) is 3.32. The van der Waals surface area contributed by atoms with Crippen LogP contribution in [0.3, 0.4) is 0 Å². The zero-order valence-corrected chi connectivity index (χ0v) is 15.2. The van der Waals surface area contributed by atoms with E-state index in [1.165, 1.54) is 0 Å². The van der Waals surface area contributed by atoms with Crippen molar-refractivity contribution in [1.82, 2.24) is 14.1 Å². The van der Waals surface area contributed by atoms with Gasteiger partial charge in [0.15, 0.2) is 5.75 Å². The van der Waals surface area contributed by atoms with Crippen molar-refractivity contribution in [3.05, 3.63) is 73.3 Å². The van der Waals surface area contributed by atoms with Gasteiger partial charge in [-0.2, -0.15) is 0 Å². The second kappa shape index (κ2) is 7.52. The van der Waals surface area contributed by atoms with Crippen LogP contribution in [0.5, 0.6) is 17.4 Å². The van der Waals surface area contributed by atoms with Crippen LogP contribution in [0.4, 0.5) is 0 Å². The van der Waals surface area contributed by atoms with Gasteiger partial charge >= 0.3 is 0 Å². The molecule has 0 saturated carbocycles. The predicted octanol–water partition coefficient (Wildman–Crippen LogP) is 4.23. The van der Waals surface area contributed by atoms with Crippen LogP contribution in [0.15, 0.2) is 73.3 Å². The molecule has 0 aliphatic rings. The largest absolute Gasteiger partial charge is 0.508 e. The lowest BCUT2D eigenvalue weighted by atomic mass is 10.0. The van der Waals surface area contributed by atoms with E-state index in [0.717, 1.165) is 24.1 Å². The van der Waals surface area contributed by atoms with Gasteiger partial charge in [0, 0.05) is 31.0 Å². The van der Waals surface area contributed by atoms with E-state index in [-0.39, 0.29) is 17.4 Å². The van der Waals surface area contributed by atoms with Crippen molar-refractivity contribution in [1.29, 1.82) is 0 Å². The molecule has 6 nitrogen and oxygen atoms in total. The maximum atomic E-state index is 10.7. The standard InChI is InChI=1S/C22H21N3O3/c26-18-9-4-8-17(14-18)20-19(16-6-2-1-3-7-16)21(27)22(28)25(20)12-5-11-24-13-10-23-15-24/h1-4,6-10,13-15,26-28H,5,11-12H2. The molecule has 0 aliphatic carbocycles. The number of aryl methyl sites for hydroxylation is 1. The number of hydrogen-bond donors (Lipinski definition) is 3. The van der Waals surface area contributed by atoms with Crippen molar-refractivity contribution in [3.63, 3.8) is 0 Å². The maximum Gasteiger partial charge on any atom is 0.235 e. The van der Waals surface area contributed by atoms with Crippen LogP contribution in [-0.2, 0) is 13.1 Å². The quantitative estimate of drug-likeness (QED) is 0.471. The molecule has 2 heterocycles. The highest BCUT2D eigenvalue weighted by molar-refractivity contribution is 5.88. The summed E-state index contributed by atoms with van der Waals surface area (Å²) in [6.45, 7) is 1.23. The van der Waals surface area contributed by atoms with Crippen LogP contribution in [0.1, 0.15) is 6.42 Å². The molecule has 0 fully saturated rings. The van der Waals surface area contributed by atoms with Crippen molar-refractivity contribution in [3.8, 4) is 39.8 Å². The van der Waals surface area contributed by atoms with E-state index in [9.17, 15) is 15.3 Å². The second-order valence-corrected chi connectivity index (χ2v) is 6.62. The first-order valence-electron chi connectivity index (χ1n) is 9.10. The van der Waals surface area contributed by atoms with E-state index in [1.54, 1.807) is 35.3 Å². The summed E-state index contributed by atoms with van der Waals surface area (Å²) in [5.74, 6) is -0.211. The van der Waals surface area contributed by atoms with E-state index >= 15 is 0 Å². The minimum atomic E-state index is -0.178. The average Bonchev–Trinajstić information content (AvgIpc) is 3.31. The molecule has 0 radical (unpaired) electrons. The summed E-state index contributed by atoms with van der Waals surface area (Å²) in [5.41, 5.74) is 2.73. The van der Waals surface area contributed by atoms with Gasteiger partial charge in [0.1, 0.15) is 5.75 Å². The number of benzene rings is 2. The van der Waals surface area contributed by atoms with Crippen LogP contribution < -0.4 is 0 Å². The number of aromatic nitrogens is 3. The summed E-state index contributed by atoms with van der Waals surface area (Å²) >= 11 is 0. The molecule has 0 saturated heterocycles. The molecule has 0 bridgehead atoms. The molecule has 2 aromatic carbocycles. The van der Waals surface area contributed by atoms with Gasteiger partial charge in [-0.3, -0.25) is 0 Å². The second-order valence-electron chi connectivity index (χ2n) is 6.62. The van der Waals surface area contributed by atoms with Crippen LogP contribution in [0, 0.1) is 0 Å². The van der Waals surface area contributed by atoms with Crippen LogP contribution >= 0.6 is 0 Å². The number of rotatable bonds is 6. The zero-order valence-electron chi connectivity index (χ0n) is 15.2. The van der Waals surface area contributed by atoms with E-state index in [1.807, 2.05) is 47.2 Å². The topological polar surface area (TPSA) is 83.4 Å². The van der Waals surface area contributed by atoms with Gasteiger partial charge in [-0.1, -0.05) is 42.5 Å². The number of phenolic OH excluding ortho intramolecular Hbond substituents is 1. The zero-order chi connectivity index (χ0) is 19.5. The average molecular weight is 375 g/mol. The maximum absolute atomic E-state index is 10.7. The van der Waals surface area contributed by atoms with E-state index < -0.39 is 0 Å². The summed E-state index contributed by atoms with van der Waals surface area (Å²) in [6.07, 6.45) is 6.10. The Morgan fingerprint density at radius 2 is 1.64 bits per heavy atom. The summed E-state index contributed by atoms with van der Waals surface area (Å²) < 4.78 is 3.66. The molecule has 3 N–H and O–H groups in total. The lowest BCUT2D eigenvalue weighted by Gasteiger charge is -2.13.